The van der Waals surface area contributed by atoms with E-state index in [1.54, 1.807) is 30.3 Å². The highest BCUT2D eigenvalue weighted by atomic mass is 31.3. The van der Waals surface area contributed by atoms with Crippen molar-refractivity contribution in [2.24, 2.45) is 5.92 Å². The lowest BCUT2D eigenvalue weighted by atomic mass is 9.99. The lowest BCUT2D eigenvalue weighted by Crippen LogP contribution is -2.45. The van der Waals surface area contributed by atoms with Crippen LogP contribution in [0.3, 0.4) is 0 Å². The maximum absolute atomic E-state index is 14.2. The number of imidazole rings is 2. The predicted octanol–water partition coefficient (Wildman–Crippen LogP) is -3.03. The molecule has 0 spiro atoms. The first kappa shape index (κ1) is 58.3. The van der Waals surface area contributed by atoms with Crippen molar-refractivity contribution < 1.29 is 104 Å². The molecule has 1 aromatic carbocycles. The Labute approximate surface area is 441 Å². The Morgan fingerprint density at radius 2 is 1.44 bits per heavy atom. The van der Waals surface area contributed by atoms with Gasteiger partial charge < -0.3 is 79.1 Å². The lowest BCUT2D eigenvalue weighted by Gasteiger charge is -2.35. The fourth-order valence-corrected chi connectivity index (χ4v) is 14.5. The van der Waals surface area contributed by atoms with Crippen molar-refractivity contribution in [3.8, 4) is 0 Å². The summed E-state index contributed by atoms with van der Waals surface area (Å²) in [7, 11) is -21.3. The fourth-order valence-electron chi connectivity index (χ4n) is 9.26. The van der Waals surface area contributed by atoms with E-state index >= 15 is 0 Å². The third-order valence-electron chi connectivity index (χ3n) is 12.8. The van der Waals surface area contributed by atoms with E-state index in [2.05, 4.69) is 33.5 Å². The van der Waals surface area contributed by atoms with Gasteiger partial charge in [0.25, 0.3) is 17.1 Å². The highest BCUT2D eigenvalue weighted by Gasteiger charge is 2.55. The summed E-state index contributed by atoms with van der Waals surface area (Å²) in [6.45, 7) is -3.51. The molecule has 4 unspecified atom stereocenters. The summed E-state index contributed by atoms with van der Waals surface area (Å²) in [4.78, 5) is 104. The minimum absolute atomic E-state index is 0.0192. The quantitative estimate of drug-likeness (QED) is 0.0239. The number of nitrogen functional groups attached to an aromatic ring is 2. The molecular formula is C39H50N12O24P4. The summed E-state index contributed by atoms with van der Waals surface area (Å²) in [6, 6.07) is 9.88. The standard InChI is InChI=1S/C39H50N12O24P4/c1-66-11-19-20(71-35(26(19)53)51-17-48(10-18-6-4-3-5-7-18)25-33(51)46-38(41)47-34(25)56)12-69-77(60,61)74-79(64,65)75-78(62,63)70-14-22-30(29(67-2)37(73-22)50-16-44-24-31(40)42-15-43-32(24)50)76(58,59)68-13-21-27(54)28(55)36(72-21)49-9-8-23(52)45-39(49)57/h3-9,15-17,19-22,26-30,35-37,53-55H,10-14H2,1-2H3,(H9-,40,41,42,43,45,46,47,52,56,57,58,59,60,61,62,63,64,65)/t19-,20-,21-,22-,26-,27-,28-,29-,30-,35-,36-,37-/m1/s1. The average molecular weight is 1190 g/mol. The number of aromatic nitrogens is 10. The number of H-pyrrole nitrogens is 2. The monoisotopic (exact) mass is 1190 g/mol. The van der Waals surface area contributed by atoms with E-state index in [-0.39, 0.29) is 47.2 Å². The maximum atomic E-state index is 14.2. The molecule has 3 aliphatic rings. The number of nitrogens with one attached hydrogen (secondary N) is 2. The molecule has 5 aromatic heterocycles. The van der Waals surface area contributed by atoms with Crippen LogP contribution in [-0.4, -0.2) is 163 Å². The molecule has 9 rings (SSSR count). The number of nitrogens with zero attached hydrogens (tertiary/aromatic N) is 8. The number of rotatable bonds is 22. The molecule has 8 heterocycles. The molecule has 16 atom stereocenters. The zero-order valence-electron chi connectivity index (χ0n) is 40.8. The van der Waals surface area contributed by atoms with E-state index in [9.17, 15) is 67.5 Å². The van der Waals surface area contributed by atoms with Crippen molar-refractivity contribution in [1.29, 1.82) is 0 Å². The summed E-state index contributed by atoms with van der Waals surface area (Å²) in [5, 5.41) is 33.0. The van der Waals surface area contributed by atoms with Crippen molar-refractivity contribution in [2.45, 2.75) is 73.6 Å². The van der Waals surface area contributed by atoms with Crippen LogP contribution in [0.4, 0.5) is 11.8 Å². The molecule has 3 aliphatic heterocycles. The Morgan fingerprint density at radius 1 is 0.772 bits per heavy atom. The van der Waals surface area contributed by atoms with Crippen molar-refractivity contribution >= 4 is 65.2 Å². The number of fused-ring (bicyclic) bond motifs is 2. The van der Waals surface area contributed by atoms with Gasteiger partial charge in [-0.3, -0.25) is 42.3 Å². The Kier molecular flexibility index (Phi) is 16.9. The van der Waals surface area contributed by atoms with Crippen molar-refractivity contribution in [2.75, 3.05) is 52.1 Å². The zero-order chi connectivity index (χ0) is 56.9. The summed E-state index contributed by atoms with van der Waals surface area (Å²) < 4.78 is 111. The molecule has 0 bridgehead atoms. The van der Waals surface area contributed by atoms with Gasteiger partial charge in [-0.1, -0.05) is 35.3 Å². The van der Waals surface area contributed by atoms with E-state index in [1.807, 2.05) is 4.98 Å². The number of phosphoric ester groups is 2. The van der Waals surface area contributed by atoms with Crippen molar-refractivity contribution in [3.63, 3.8) is 0 Å². The van der Waals surface area contributed by atoms with E-state index in [1.165, 1.54) is 22.6 Å². The van der Waals surface area contributed by atoms with E-state index < -0.39 is 141 Å². The molecular weight excluding hydrogens is 1140 g/mol. The Balaban J connectivity index is 0.884. The van der Waals surface area contributed by atoms with E-state index in [0.29, 0.717) is 0 Å². The molecule has 79 heavy (non-hydrogen) atoms. The first-order valence-electron chi connectivity index (χ1n) is 23.1. The Morgan fingerprint density at radius 3 is 2.11 bits per heavy atom. The van der Waals surface area contributed by atoms with Crippen LogP contribution in [0.25, 0.3) is 22.3 Å². The van der Waals surface area contributed by atoms with Gasteiger partial charge >= 0.3 is 34.8 Å². The van der Waals surface area contributed by atoms with Gasteiger partial charge in [-0.15, -0.1) is 0 Å². The number of benzene rings is 1. The number of anilines is 2. The van der Waals surface area contributed by atoms with Crippen molar-refractivity contribution in [3.05, 3.63) is 98.3 Å². The molecule has 430 valence electrons. The molecule has 0 radical (unpaired) electrons. The summed E-state index contributed by atoms with van der Waals surface area (Å²) in [5.41, 5.74) is 8.02. The van der Waals surface area contributed by atoms with Crippen LogP contribution >= 0.6 is 31.1 Å². The molecule has 0 amide bonds. The van der Waals surface area contributed by atoms with E-state index in [0.717, 1.165) is 46.7 Å². The first-order chi connectivity index (χ1) is 37.3. The molecule has 3 saturated heterocycles. The van der Waals surface area contributed by atoms with Crippen LogP contribution in [0.15, 0.2) is 76.0 Å². The van der Waals surface area contributed by atoms with Gasteiger partial charge in [-0.05, 0) is 5.56 Å². The predicted molar refractivity (Wildman–Crippen MR) is 258 cm³/mol. The lowest BCUT2D eigenvalue weighted by molar-refractivity contribution is -0.746. The third-order valence-corrected chi connectivity index (χ3v) is 18.9. The number of methoxy groups -OCH3 is 2. The molecule has 36 nitrogen and oxygen atoms in total. The van der Waals surface area contributed by atoms with Crippen molar-refractivity contribution in [1.82, 2.24) is 43.6 Å². The van der Waals surface area contributed by atoms with Crippen LogP contribution in [0.5, 0.6) is 0 Å². The largest absolute Gasteiger partial charge is 0.778 e. The number of hydrogen-bond acceptors (Lipinski definition) is 27. The molecule has 0 saturated carbocycles. The Hall–Kier alpha value is -5.36. The van der Waals surface area contributed by atoms with Crippen LogP contribution in [0.1, 0.15) is 24.2 Å². The number of nitrogens with two attached hydrogens (primary N) is 2. The molecule has 6 aromatic rings. The van der Waals surface area contributed by atoms with Crippen LogP contribution in [-0.2, 0) is 70.7 Å². The van der Waals surface area contributed by atoms with Gasteiger partial charge in [-0.25, -0.2) is 38.0 Å². The number of aliphatic hydroxyl groups is 3. The minimum atomic E-state index is -6.23. The average Bonchev–Trinajstić information content (AvgIpc) is 4.39. The number of aliphatic hydroxyl groups excluding tert-OH is 3. The topological polar surface area (TPSA) is 510 Å². The van der Waals surface area contributed by atoms with Gasteiger partial charge in [-0.2, -0.15) is 8.62 Å². The molecule has 12 N–H and O–H groups in total. The van der Waals surface area contributed by atoms with Crippen LogP contribution < -0.4 is 37.7 Å². The molecule has 3 fully saturated rings. The number of aromatic amines is 2. The van der Waals surface area contributed by atoms with Crippen LogP contribution in [0.2, 0.25) is 0 Å². The third kappa shape index (κ3) is 12.3. The fraction of sp³-hybridized carbons (Fsp3) is 0.487. The normalized spacial score (nSPS) is 29.4. The highest BCUT2D eigenvalue weighted by molar-refractivity contribution is 7.66. The van der Waals surface area contributed by atoms with Gasteiger partial charge in [0.05, 0.1) is 57.2 Å². The van der Waals surface area contributed by atoms with E-state index in [4.69, 9.17) is 48.7 Å². The second-order valence-corrected chi connectivity index (χ2v) is 24.4. The maximum Gasteiger partial charge on any atom is 0.490 e. The Bertz CT molecular complexity index is 3590. The number of ether oxygens (including phenoxy) is 5. The summed E-state index contributed by atoms with van der Waals surface area (Å²) in [5.74, 6) is -1.46. The minimum Gasteiger partial charge on any atom is -0.778 e. The SMILES string of the molecule is COC[C@H]1[C@@H](O)[C@H]([n+]2cn(Cc3ccccc3)c3c(=O)[nH]c(N)nc32)O[C@@H]1COP(=O)(O)OP(=O)(O)OP(=O)(O)OC[C@H]1O[C@@H](n2cnc3c(N)ncnc32)[C@H](OC)[C@@H]1P(=O)([O-])OC[C@H]1O[C@@H](n2ccc(=O)[nH]c2=O)[C@H](O)[C@@H]1O. The number of phosphoric acid groups is 3. The van der Waals surface area contributed by atoms with Gasteiger partial charge in [0.15, 0.2) is 30.2 Å². The highest BCUT2D eigenvalue weighted by Crippen LogP contribution is 2.68. The number of hydrogen-bond donors (Lipinski definition) is 10. The van der Waals surface area contributed by atoms with Gasteiger partial charge in [0.2, 0.25) is 11.7 Å². The summed E-state index contributed by atoms with van der Waals surface area (Å²) in [6.07, 6.45) is -12.0. The molecule has 0 aliphatic carbocycles. The summed E-state index contributed by atoms with van der Waals surface area (Å²) >= 11 is 0. The van der Waals surface area contributed by atoms with Gasteiger partial charge in [0, 0.05) is 32.4 Å². The second kappa shape index (κ2) is 22.9. The smallest absolute Gasteiger partial charge is 0.490 e. The molecule has 40 heteroatoms. The van der Waals surface area contributed by atoms with Gasteiger partial charge in [0.1, 0.15) is 50.0 Å². The second-order valence-electron chi connectivity index (χ2n) is 17.8. The zero-order valence-corrected chi connectivity index (χ0v) is 44.4. The first-order valence-corrected chi connectivity index (χ1v) is 29.2. The van der Waals surface area contributed by atoms with Crippen LogP contribution in [0, 0.1) is 5.92 Å².